The molecule has 1 aliphatic heterocycles. The molecule has 0 radical (unpaired) electrons. The number of aromatic nitrogens is 1. The molecule has 8 heteroatoms. The smallest absolute Gasteiger partial charge is 0.240 e. The van der Waals surface area contributed by atoms with Gasteiger partial charge in [0.25, 0.3) is 0 Å². The molecule has 2 fully saturated rings. The maximum Gasteiger partial charge on any atom is 0.240 e. The third-order valence-electron chi connectivity index (χ3n) is 7.53. The van der Waals surface area contributed by atoms with Crippen LogP contribution in [0, 0.1) is 5.92 Å². The van der Waals surface area contributed by atoms with Gasteiger partial charge in [0.1, 0.15) is 0 Å². The number of aryl methyl sites for hydroxylation is 1. The van der Waals surface area contributed by atoms with Crippen molar-refractivity contribution in [3.63, 3.8) is 0 Å². The molecule has 1 N–H and O–H groups in total. The minimum atomic E-state index is -3.67. The van der Waals surface area contributed by atoms with Gasteiger partial charge in [-0.3, -0.25) is 4.79 Å². The number of nitrogens with one attached hydrogen (secondary N) is 1. The lowest BCUT2D eigenvalue weighted by Crippen LogP contribution is -2.52. The van der Waals surface area contributed by atoms with Gasteiger partial charge >= 0.3 is 0 Å². The van der Waals surface area contributed by atoms with E-state index in [2.05, 4.69) is 22.9 Å². The molecule has 1 saturated heterocycles. The molecule has 0 unspecified atom stereocenters. The Balaban J connectivity index is 1.25. The third-order valence-corrected chi connectivity index (χ3v) is 9.05. The van der Waals surface area contributed by atoms with Crippen molar-refractivity contribution in [2.24, 2.45) is 13.0 Å². The Morgan fingerprint density at radius 1 is 1.03 bits per heavy atom. The van der Waals surface area contributed by atoms with Crippen LogP contribution in [0.5, 0.6) is 0 Å². The van der Waals surface area contributed by atoms with E-state index in [1.807, 2.05) is 54.6 Å². The standard InChI is InChI=1S/C28H35N3O4S/c1-28(2)19-31(15-16-35-28)27(32)21-9-12-23(13-10-21)29-36(33,34)24-14-11-22-17-25(30(3)26(22)18-24)20-7-5-4-6-8-20/h4-8,11,14,17-18,21,23,29H,9-10,12-13,15-16,19H2,1-3H3. The average Bonchev–Trinajstić information content (AvgIpc) is 3.19. The molecule has 2 heterocycles. The summed E-state index contributed by atoms with van der Waals surface area (Å²) in [7, 11) is -1.71. The fourth-order valence-corrected chi connectivity index (χ4v) is 6.90. The van der Waals surface area contributed by atoms with Crippen molar-refractivity contribution in [3.8, 4) is 11.3 Å². The van der Waals surface area contributed by atoms with Crippen LogP contribution in [0.3, 0.4) is 0 Å². The number of fused-ring (bicyclic) bond motifs is 1. The Morgan fingerprint density at radius 3 is 2.44 bits per heavy atom. The number of ether oxygens (including phenoxy) is 1. The van der Waals surface area contributed by atoms with Crippen LogP contribution in [-0.2, 0) is 26.6 Å². The van der Waals surface area contributed by atoms with E-state index in [9.17, 15) is 13.2 Å². The van der Waals surface area contributed by atoms with Crippen molar-refractivity contribution in [2.45, 2.75) is 56.1 Å². The van der Waals surface area contributed by atoms with Crippen molar-refractivity contribution in [1.29, 1.82) is 0 Å². The fourth-order valence-electron chi connectivity index (χ4n) is 5.57. The zero-order valence-electron chi connectivity index (χ0n) is 21.2. The van der Waals surface area contributed by atoms with Crippen molar-refractivity contribution >= 4 is 26.8 Å². The zero-order chi connectivity index (χ0) is 25.5. The Kier molecular flexibility index (Phi) is 6.70. The number of amides is 1. The summed E-state index contributed by atoms with van der Waals surface area (Å²) in [6.45, 7) is 5.81. The Morgan fingerprint density at radius 2 is 1.75 bits per heavy atom. The van der Waals surface area contributed by atoms with Crippen molar-refractivity contribution in [2.75, 3.05) is 19.7 Å². The summed E-state index contributed by atoms with van der Waals surface area (Å²) in [5, 5.41) is 1.00. The molecule has 192 valence electrons. The molecule has 3 aromatic rings. The number of hydrogen-bond donors (Lipinski definition) is 1. The van der Waals surface area contributed by atoms with Crippen LogP contribution in [0.1, 0.15) is 39.5 Å². The lowest BCUT2D eigenvalue weighted by atomic mass is 9.85. The molecule has 1 aromatic heterocycles. The Hall–Kier alpha value is -2.68. The number of benzene rings is 2. The van der Waals surface area contributed by atoms with Gasteiger partial charge in [-0.05, 0) is 63.3 Å². The number of sulfonamides is 1. The first-order valence-electron chi connectivity index (χ1n) is 12.7. The highest BCUT2D eigenvalue weighted by Gasteiger charge is 2.35. The summed E-state index contributed by atoms with van der Waals surface area (Å²) < 4.78 is 37.2. The molecule has 0 spiro atoms. The number of carbonyl (C=O) groups excluding carboxylic acids is 1. The normalized spacial score (nSPS) is 22.6. The van der Waals surface area contributed by atoms with E-state index in [1.165, 1.54) is 0 Å². The van der Waals surface area contributed by atoms with Gasteiger partial charge in [0.05, 0.1) is 17.1 Å². The fraction of sp³-hybridized carbons (Fsp3) is 0.464. The van der Waals surface area contributed by atoms with E-state index in [4.69, 9.17) is 4.74 Å². The number of nitrogens with zero attached hydrogens (tertiary/aromatic N) is 2. The molecular formula is C28H35N3O4S. The summed E-state index contributed by atoms with van der Waals surface area (Å²) in [6.07, 6.45) is 2.71. The van der Waals surface area contributed by atoms with Gasteiger partial charge in [0.2, 0.25) is 15.9 Å². The Bertz CT molecular complexity index is 1360. The maximum atomic E-state index is 13.3. The van der Waals surface area contributed by atoms with Gasteiger partial charge in [-0.1, -0.05) is 36.4 Å². The van der Waals surface area contributed by atoms with Crippen LogP contribution in [-0.4, -0.2) is 55.1 Å². The van der Waals surface area contributed by atoms with E-state index in [0.29, 0.717) is 45.4 Å². The maximum absolute atomic E-state index is 13.3. The number of morpholine rings is 1. The quantitative estimate of drug-likeness (QED) is 0.556. The highest BCUT2D eigenvalue weighted by atomic mass is 32.2. The highest BCUT2D eigenvalue weighted by Crippen LogP contribution is 2.31. The van der Waals surface area contributed by atoms with Crippen molar-refractivity contribution in [1.82, 2.24) is 14.2 Å². The number of carbonyl (C=O) groups is 1. The van der Waals surface area contributed by atoms with Gasteiger partial charge in [-0.2, -0.15) is 0 Å². The molecule has 7 nitrogen and oxygen atoms in total. The molecule has 2 aromatic carbocycles. The van der Waals surface area contributed by atoms with Crippen molar-refractivity contribution < 1.29 is 17.9 Å². The SMILES string of the molecule is Cn1c(-c2ccccc2)cc2ccc(S(=O)(=O)NC3CCC(C(=O)N4CCOC(C)(C)C4)CC3)cc21. The minimum absolute atomic E-state index is 0.0456. The monoisotopic (exact) mass is 509 g/mol. The average molecular weight is 510 g/mol. The lowest BCUT2D eigenvalue weighted by molar-refractivity contribution is -0.151. The molecule has 0 atom stereocenters. The summed E-state index contributed by atoms with van der Waals surface area (Å²) in [4.78, 5) is 15.2. The lowest BCUT2D eigenvalue weighted by Gasteiger charge is -2.40. The van der Waals surface area contributed by atoms with E-state index in [0.717, 1.165) is 22.2 Å². The van der Waals surface area contributed by atoms with Gasteiger partial charge in [0.15, 0.2) is 0 Å². The van der Waals surface area contributed by atoms with Gasteiger partial charge in [0, 0.05) is 48.7 Å². The zero-order valence-corrected chi connectivity index (χ0v) is 22.1. The van der Waals surface area contributed by atoms with Crippen LogP contribution >= 0.6 is 0 Å². The van der Waals surface area contributed by atoms with Crippen molar-refractivity contribution in [3.05, 3.63) is 54.6 Å². The molecule has 0 bridgehead atoms. The van der Waals surface area contributed by atoms with Gasteiger partial charge in [-0.25, -0.2) is 13.1 Å². The topological polar surface area (TPSA) is 80.6 Å². The minimum Gasteiger partial charge on any atom is -0.372 e. The summed E-state index contributed by atoms with van der Waals surface area (Å²) in [5.41, 5.74) is 2.69. The number of hydrogen-bond acceptors (Lipinski definition) is 4. The second kappa shape index (κ2) is 9.65. The van der Waals surface area contributed by atoms with Crippen LogP contribution in [0.2, 0.25) is 0 Å². The molecule has 1 saturated carbocycles. The van der Waals surface area contributed by atoms with Gasteiger partial charge < -0.3 is 14.2 Å². The van der Waals surface area contributed by atoms with Crippen LogP contribution in [0.4, 0.5) is 0 Å². The molecule has 1 amide bonds. The predicted molar refractivity (Wildman–Crippen MR) is 141 cm³/mol. The first-order chi connectivity index (χ1) is 17.1. The van der Waals surface area contributed by atoms with Gasteiger partial charge in [-0.15, -0.1) is 0 Å². The van der Waals surface area contributed by atoms with Crippen LogP contribution < -0.4 is 4.72 Å². The molecule has 2 aliphatic rings. The predicted octanol–water partition coefficient (Wildman–Crippen LogP) is 4.32. The molecular weight excluding hydrogens is 474 g/mol. The molecule has 5 rings (SSSR count). The Labute approximate surface area is 213 Å². The van der Waals surface area contributed by atoms with Crippen LogP contribution in [0.25, 0.3) is 22.2 Å². The van der Waals surface area contributed by atoms with E-state index < -0.39 is 10.0 Å². The summed E-state index contributed by atoms with van der Waals surface area (Å²) in [5.74, 6) is 0.131. The summed E-state index contributed by atoms with van der Waals surface area (Å²) >= 11 is 0. The highest BCUT2D eigenvalue weighted by molar-refractivity contribution is 7.89. The van der Waals surface area contributed by atoms with E-state index >= 15 is 0 Å². The van der Waals surface area contributed by atoms with E-state index in [-0.39, 0.29) is 28.4 Å². The number of rotatable bonds is 5. The summed E-state index contributed by atoms with van der Waals surface area (Å²) in [6, 6.07) is 17.3. The third kappa shape index (κ3) is 5.08. The first kappa shape index (κ1) is 25.0. The molecule has 1 aliphatic carbocycles. The second-order valence-corrected chi connectivity index (χ2v) is 12.4. The second-order valence-electron chi connectivity index (χ2n) is 10.7. The van der Waals surface area contributed by atoms with Crippen LogP contribution in [0.15, 0.2) is 59.5 Å². The first-order valence-corrected chi connectivity index (χ1v) is 14.2. The van der Waals surface area contributed by atoms with E-state index in [1.54, 1.807) is 12.1 Å². The molecule has 36 heavy (non-hydrogen) atoms. The largest absolute Gasteiger partial charge is 0.372 e.